The number of benzene rings is 1. The largest absolute Gasteiger partial charge is 0.497 e. The Labute approximate surface area is 166 Å². The fraction of sp³-hybridized carbons (Fsp3) is 0.200. The van der Waals surface area contributed by atoms with E-state index in [1.807, 2.05) is 35.0 Å². The fourth-order valence-electron chi connectivity index (χ4n) is 2.53. The lowest BCUT2D eigenvalue weighted by Gasteiger charge is -2.22. The van der Waals surface area contributed by atoms with Gasteiger partial charge in [-0.25, -0.2) is 0 Å². The van der Waals surface area contributed by atoms with Crippen molar-refractivity contribution in [3.05, 3.63) is 74.6 Å². The van der Waals surface area contributed by atoms with E-state index < -0.39 is 0 Å². The van der Waals surface area contributed by atoms with E-state index in [1.165, 1.54) is 0 Å². The third kappa shape index (κ3) is 5.42. The highest BCUT2D eigenvalue weighted by Gasteiger charge is 2.17. The van der Waals surface area contributed by atoms with Gasteiger partial charge in [0.05, 0.1) is 26.7 Å². The van der Waals surface area contributed by atoms with Gasteiger partial charge in [-0.1, -0.05) is 12.1 Å². The Morgan fingerprint density at radius 3 is 2.04 bits per heavy atom. The summed E-state index contributed by atoms with van der Waals surface area (Å²) < 4.78 is 5.09. The molecule has 0 aliphatic rings. The molecule has 2 amide bonds. The molecule has 140 valence electrons. The summed E-state index contributed by atoms with van der Waals surface area (Å²) in [7, 11) is 1.57. The van der Waals surface area contributed by atoms with Crippen molar-refractivity contribution in [2.24, 2.45) is 0 Å². The molecule has 0 saturated heterocycles. The van der Waals surface area contributed by atoms with E-state index in [2.05, 4.69) is 5.32 Å². The van der Waals surface area contributed by atoms with Crippen molar-refractivity contribution in [2.45, 2.75) is 13.1 Å². The molecule has 5 nitrogen and oxygen atoms in total. The SMILES string of the molecule is COc1ccc(C(=O)NCC(=O)N(Cc2cccs2)Cc2cccs2)cc1. The predicted octanol–water partition coefficient (Wildman–Crippen LogP) is 3.78. The molecule has 0 aliphatic heterocycles. The van der Waals surface area contributed by atoms with Crippen LogP contribution in [-0.4, -0.2) is 30.4 Å². The number of hydrogen-bond acceptors (Lipinski definition) is 5. The van der Waals surface area contributed by atoms with Crippen molar-refractivity contribution in [1.29, 1.82) is 0 Å². The van der Waals surface area contributed by atoms with Crippen molar-refractivity contribution in [1.82, 2.24) is 10.2 Å². The summed E-state index contributed by atoms with van der Waals surface area (Å²) in [6.45, 7) is 1.03. The highest BCUT2D eigenvalue weighted by molar-refractivity contribution is 7.10. The van der Waals surface area contributed by atoms with Crippen LogP contribution in [0.25, 0.3) is 0 Å². The van der Waals surface area contributed by atoms with Crippen LogP contribution in [0.4, 0.5) is 0 Å². The zero-order valence-electron chi connectivity index (χ0n) is 14.9. The average molecular weight is 401 g/mol. The van der Waals surface area contributed by atoms with Crippen LogP contribution in [0.5, 0.6) is 5.75 Å². The molecule has 0 bridgehead atoms. The van der Waals surface area contributed by atoms with Crippen LogP contribution in [0.1, 0.15) is 20.1 Å². The first-order valence-electron chi connectivity index (χ1n) is 8.40. The highest BCUT2D eigenvalue weighted by Crippen LogP contribution is 2.17. The molecule has 2 heterocycles. The van der Waals surface area contributed by atoms with E-state index >= 15 is 0 Å². The molecule has 0 fully saturated rings. The molecular formula is C20H20N2O3S2. The standard InChI is InChI=1S/C20H20N2O3S2/c1-25-16-8-6-15(7-9-16)20(24)21-12-19(23)22(13-17-4-2-10-26-17)14-18-5-3-11-27-18/h2-11H,12-14H2,1H3,(H,21,24). The zero-order valence-corrected chi connectivity index (χ0v) is 16.5. The number of amides is 2. The Bertz CT molecular complexity index is 823. The average Bonchev–Trinajstić information content (AvgIpc) is 3.39. The van der Waals surface area contributed by atoms with Crippen LogP contribution < -0.4 is 10.1 Å². The van der Waals surface area contributed by atoms with E-state index in [-0.39, 0.29) is 18.4 Å². The Kier molecular flexibility index (Phi) is 6.62. The van der Waals surface area contributed by atoms with Gasteiger partial charge in [0.2, 0.25) is 5.91 Å². The van der Waals surface area contributed by atoms with E-state index in [1.54, 1.807) is 58.9 Å². The summed E-state index contributed by atoms with van der Waals surface area (Å²) in [6, 6.07) is 14.7. The molecule has 7 heteroatoms. The predicted molar refractivity (Wildman–Crippen MR) is 108 cm³/mol. The van der Waals surface area contributed by atoms with Crippen molar-refractivity contribution in [2.75, 3.05) is 13.7 Å². The minimum Gasteiger partial charge on any atom is -0.497 e. The van der Waals surface area contributed by atoms with Gasteiger partial charge in [-0.2, -0.15) is 0 Å². The number of rotatable bonds is 8. The van der Waals surface area contributed by atoms with Gasteiger partial charge in [-0.05, 0) is 47.2 Å². The van der Waals surface area contributed by atoms with Crippen LogP contribution in [0.15, 0.2) is 59.3 Å². The number of thiophene rings is 2. The zero-order chi connectivity index (χ0) is 19.1. The third-order valence-electron chi connectivity index (χ3n) is 3.96. The maximum Gasteiger partial charge on any atom is 0.251 e. The summed E-state index contributed by atoms with van der Waals surface area (Å²) in [4.78, 5) is 29.0. The molecule has 0 unspecified atom stereocenters. The molecule has 3 aromatic rings. The number of ether oxygens (including phenoxy) is 1. The molecule has 3 rings (SSSR count). The molecule has 0 spiro atoms. The van der Waals surface area contributed by atoms with Crippen LogP contribution in [0.3, 0.4) is 0 Å². The van der Waals surface area contributed by atoms with Crippen LogP contribution in [-0.2, 0) is 17.9 Å². The Morgan fingerprint density at radius 2 is 1.56 bits per heavy atom. The van der Waals surface area contributed by atoms with Crippen molar-refractivity contribution < 1.29 is 14.3 Å². The number of hydrogen-bond donors (Lipinski definition) is 1. The molecule has 27 heavy (non-hydrogen) atoms. The van der Waals surface area contributed by atoms with E-state index in [4.69, 9.17) is 4.74 Å². The minimum atomic E-state index is -0.279. The Balaban J connectivity index is 1.61. The minimum absolute atomic E-state index is 0.0401. The lowest BCUT2D eigenvalue weighted by molar-refractivity contribution is -0.131. The van der Waals surface area contributed by atoms with E-state index in [0.717, 1.165) is 9.75 Å². The van der Waals surface area contributed by atoms with Crippen LogP contribution in [0, 0.1) is 0 Å². The van der Waals surface area contributed by atoms with Gasteiger partial charge in [-0.3, -0.25) is 9.59 Å². The molecule has 0 aliphatic carbocycles. The van der Waals surface area contributed by atoms with Gasteiger partial charge in [0, 0.05) is 15.3 Å². The molecule has 1 N–H and O–H groups in total. The topological polar surface area (TPSA) is 58.6 Å². The second-order valence-corrected chi connectivity index (χ2v) is 7.88. The van der Waals surface area contributed by atoms with Gasteiger partial charge in [0.1, 0.15) is 5.75 Å². The highest BCUT2D eigenvalue weighted by atomic mass is 32.1. The summed E-state index contributed by atoms with van der Waals surface area (Å²) in [5.74, 6) is 0.289. The summed E-state index contributed by atoms with van der Waals surface area (Å²) in [5, 5.41) is 6.70. The molecule has 0 saturated carbocycles. The van der Waals surface area contributed by atoms with Crippen LogP contribution >= 0.6 is 22.7 Å². The Hall–Kier alpha value is -2.64. The first-order valence-corrected chi connectivity index (χ1v) is 10.2. The van der Waals surface area contributed by atoms with Gasteiger partial charge < -0.3 is 15.0 Å². The second-order valence-electron chi connectivity index (χ2n) is 5.82. The lowest BCUT2D eigenvalue weighted by atomic mass is 10.2. The third-order valence-corrected chi connectivity index (χ3v) is 5.68. The normalized spacial score (nSPS) is 10.4. The number of carbonyl (C=O) groups is 2. The van der Waals surface area contributed by atoms with Crippen molar-refractivity contribution >= 4 is 34.5 Å². The maximum atomic E-state index is 12.7. The number of nitrogens with zero attached hydrogens (tertiary/aromatic N) is 1. The molecular weight excluding hydrogens is 380 g/mol. The van der Waals surface area contributed by atoms with Gasteiger partial charge in [0.25, 0.3) is 5.91 Å². The van der Waals surface area contributed by atoms with Crippen LogP contribution in [0.2, 0.25) is 0 Å². The van der Waals surface area contributed by atoms with Gasteiger partial charge >= 0.3 is 0 Å². The molecule has 1 aromatic carbocycles. The first kappa shape index (κ1) is 19.1. The van der Waals surface area contributed by atoms with Gasteiger partial charge in [-0.15, -0.1) is 22.7 Å². The van der Waals surface area contributed by atoms with Crippen molar-refractivity contribution in [3.8, 4) is 5.75 Å². The van der Waals surface area contributed by atoms with E-state index in [0.29, 0.717) is 24.4 Å². The number of methoxy groups -OCH3 is 1. The smallest absolute Gasteiger partial charge is 0.251 e. The van der Waals surface area contributed by atoms with Crippen molar-refractivity contribution in [3.63, 3.8) is 0 Å². The molecule has 0 atom stereocenters. The Morgan fingerprint density at radius 1 is 0.963 bits per heavy atom. The second kappa shape index (κ2) is 9.34. The quantitative estimate of drug-likeness (QED) is 0.626. The first-order chi connectivity index (χ1) is 13.2. The van der Waals surface area contributed by atoms with E-state index in [9.17, 15) is 9.59 Å². The monoisotopic (exact) mass is 400 g/mol. The number of nitrogens with one attached hydrogen (secondary N) is 1. The molecule has 0 radical (unpaired) electrons. The summed E-state index contributed by atoms with van der Waals surface area (Å²) >= 11 is 3.23. The molecule has 2 aromatic heterocycles. The van der Waals surface area contributed by atoms with Gasteiger partial charge in [0.15, 0.2) is 0 Å². The fourth-order valence-corrected chi connectivity index (χ4v) is 3.96. The summed E-state index contributed by atoms with van der Waals surface area (Å²) in [6.07, 6.45) is 0. The number of carbonyl (C=O) groups excluding carboxylic acids is 2. The maximum absolute atomic E-state index is 12.7. The summed E-state index contributed by atoms with van der Waals surface area (Å²) in [5.41, 5.74) is 0.492. The lowest BCUT2D eigenvalue weighted by Crippen LogP contribution is -2.39.